The Morgan fingerprint density at radius 3 is 2.40 bits per heavy atom. The van der Waals surface area contributed by atoms with Crippen molar-refractivity contribution in [2.45, 2.75) is 50.0 Å². The van der Waals surface area contributed by atoms with Gasteiger partial charge in [-0.15, -0.1) is 11.3 Å². The highest BCUT2D eigenvalue weighted by Gasteiger charge is 2.46. The number of nitrogens with two attached hydrogens (primary N) is 2. The number of nitrogens with zero attached hydrogens (tertiary/aromatic N) is 3. The summed E-state index contributed by atoms with van der Waals surface area (Å²) in [5.41, 5.74) is 22.9. The molecule has 0 saturated carbocycles. The van der Waals surface area contributed by atoms with Crippen molar-refractivity contribution in [1.82, 2.24) is 9.88 Å². The smallest absolute Gasteiger partial charge is 0.209 e. The number of hydrogen-bond donors (Lipinski definition) is 3. The molecule has 0 amide bonds. The van der Waals surface area contributed by atoms with E-state index in [0.717, 1.165) is 54.0 Å². The number of allylic oxidation sites excluding steroid dienone is 9. The summed E-state index contributed by atoms with van der Waals surface area (Å²) >= 11 is 1.92. The largest absolute Gasteiger partial charge is 0.397 e. The summed E-state index contributed by atoms with van der Waals surface area (Å²) in [5, 5.41) is 10.2. The zero-order valence-electron chi connectivity index (χ0n) is 38.8. The molecule has 0 spiro atoms. The molecule has 0 fully saturated rings. The van der Waals surface area contributed by atoms with Gasteiger partial charge in [-0.05, 0) is 96.7 Å². The monoisotopic (exact) mass is 925 g/mol. The number of para-hydroxylation sites is 1. The molecule has 7 heteroatoms. The molecule has 2 aliphatic heterocycles. The van der Waals surface area contributed by atoms with Gasteiger partial charge in [0.25, 0.3) is 0 Å². The molecule has 70 heavy (non-hydrogen) atoms. The molecule has 4 heterocycles. The molecule has 6 aromatic carbocycles. The number of fused-ring (bicyclic) bond motifs is 9. The zero-order valence-corrected chi connectivity index (χ0v) is 39.6. The number of aromatic nitrogens is 1. The first-order valence-corrected chi connectivity index (χ1v) is 25.8. The van der Waals surface area contributed by atoms with Crippen molar-refractivity contribution in [1.29, 1.82) is 0 Å². The molecule has 5 N–H and O–H groups in total. The molecule has 6 nitrogen and oxygen atoms in total. The summed E-state index contributed by atoms with van der Waals surface area (Å²) in [7, 11) is 0. The Kier molecular flexibility index (Phi) is 9.88. The van der Waals surface area contributed by atoms with Crippen molar-refractivity contribution >= 4 is 65.7 Å². The molecule has 0 bridgehead atoms. The lowest BCUT2D eigenvalue weighted by Gasteiger charge is -2.34. The molecule has 14 rings (SSSR count). The van der Waals surface area contributed by atoms with Crippen LogP contribution in [0.15, 0.2) is 222 Å². The van der Waals surface area contributed by atoms with Crippen LogP contribution in [0, 0.1) is 11.8 Å². The molecular formula is C63H53N6S+. The predicted octanol–water partition coefficient (Wildman–Crippen LogP) is 13.7. The van der Waals surface area contributed by atoms with Crippen LogP contribution in [0.5, 0.6) is 0 Å². The zero-order chi connectivity index (χ0) is 46.3. The van der Waals surface area contributed by atoms with Crippen LogP contribution in [0.25, 0.3) is 54.0 Å². The van der Waals surface area contributed by atoms with Crippen molar-refractivity contribution in [3.63, 3.8) is 0 Å². The molecule has 2 aromatic heterocycles. The van der Waals surface area contributed by atoms with Crippen LogP contribution in [-0.4, -0.2) is 16.4 Å². The Bertz CT molecular complexity index is 3690. The average molecular weight is 926 g/mol. The predicted molar refractivity (Wildman–Crippen MR) is 292 cm³/mol. The normalized spacial score (nSPS) is 23.4. The second-order valence-corrected chi connectivity index (χ2v) is 20.7. The summed E-state index contributed by atoms with van der Waals surface area (Å²) in [6, 6.07) is 51.1. The maximum absolute atomic E-state index is 7.46. The maximum Gasteiger partial charge on any atom is 0.209 e. The average Bonchev–Trinajstić information content (AvgIpc) is 4.09. The van der Waals surface area contributed by atoms with Crippen molar-refractivity contribution < 1.29 is 5.32 Å². The van der Waals surface area contributed by atoms with Crippen LogP contribution in [0.3, 0.4) is 0 Å². The van der Waals surface area contributed by atoms with Gasteiger partial charge < -0.3 is 20.5 Å². The van der Waals surface area contributed by atoms with E-state index in [1.165, 1.54) is 76.0 Å². The van der Waals surface area contributed by atoms with E-state index in [-0.39, 0.29) is 24.3 Å². The minimum absolute atomic E-state index is 0.114. The molecule has 340 valence electrons. The minimum atomic E-state index is -0.170. The summed E-state index contributed by atoms with van der Waals surface area (Å²) in [6.07, 6.45) is 29.6. The Balaban J connectivity index is 0.861. The number of quaternary nitrogens is 1. The Labute approximate surface area is 412 Å². The third-order valence-electron chi connectivity index (χ3n) is 15.7. The first-order chi connectivity index (χ1) is 34.6. The third-order valence-corrected chi connectivity index (χ3v) is 16.9. The highest BCUT2D eigenvalue weighted by atomic mass is 32.1. The number of rotatable bonds is 7. The highest BCUT2D eigenvalue weighted by molar-refractivity contribution is 7.26. The molecule has 0 saturated heterocycles. The summed E-state index contributed by atoms with van der Waals surface area (Å²) in [6.45, 7) is 0. The van der Waals surface area contributed by atoms with E-state index in [0.29, 0.717) is 11.8 Å². The Morgan fingerprint density at radius 2 is 1.50 bits per heavy atom. The Hall–Kier alpha value is -7.71. The van der Waals surface area contributed by atoms with Crippen LogP contribution >= 0.6 is 11.3 Å². The number of nitrogens with one attached hydrogen (secondary N) is 1. The second kappa shape index (κ2) is 16.8. The number of benzene rings is 6. The number of thiophene rings is 1. The van der Waals surface area contributed by atoms with Gasteiger partial charge in [-0.1, -0.05) is 164 Å². The van der Waals surface area contributed by atoms with E-state index in [1.807, 2.05) is 11.3 Å². The molecule has 8 aromatic rings. The number of nitrogen functional groups attached to an aromatic ring is 1. The van der Waals surface area contributed by atoms with Crippen LogP contribution in [0.1, 0.15) is 66.3 Å². The third kappa shape index (κ3) is 6.74. The van der Waals surface area contributed by atoms with Crippen LogP contribution in [0.4, 0.5) is 11.4 Å². The van der Waals surface area contributed by atoms with E-state index in [9.17, 15) is 0 Å². The number of aliphatic imine (C=N–C) groups is 1. The molecule has 6 atom stereocenters. The Morgan fingerprint density at radius 1 is 0.671 bits per heavy atom. The fourth-order valence-corrected chi connectivity index (χ4v) is 13.6. The van der Waals surface area contributed by atoms with Crippen molar-refractivity contribution in [2.24, 2.45) is 16.8 Å². The number of hydrogen-bond acceptors (Lipinski definition) is 5. The van der Waals surface area contributed by atoms with Gasteiger partial charge in [0.15, 0.2) is 6.17 Å². The second-order valence-electron chi connectivity index (χ2n) is 19.6. The number of amidine groups is 1. The van der Waals surface area contributed by atoms with Crippen LogP contribution in [0.2, 0.25) is 0 Å². The molecular weight excluding hydrogens is 873 g/mol. The van der Waals surface area contributed by atoms with Crippen molar-refractivity contribution in [3.8, 4) is 16.8 Å². The lowest BCUT2D eigenvalue weighted by Crippen LogP contribution is -2.90. The fourth-order valence-electron chi connectivity index (χ4n) is 12.4. The van der Waals surface area contributed by atoms with E-state index in [2.05, 4.69) is 226 Å². The van der Waals surface area contributed by atoms with Gasteiger partial charge in [-0.25, -0.2) is 4.99 Å². The molecule has 6 unspecified atom stereocenters. The quantitative estimate of drug-likeness (QED) is 0.139. The van der Waals surface area contributed by atoms with Crippen LogP contribution in [-0.2, 0) is 0 Å². The first kappa shape index (κ1) is 41.3. The van der Waals surface area contributed by atoms with Gasteiger partial charge in [0.1, 0.15) is 5.84 Å². The molecule has 0 radical (unpaired) electrons. The molecule has 6 aliphatic rings. The standard InChI is InChI=1S/C63H52N6S/c64-51-38-45(63-66-61(43-22-13-20-41(36-43)39-16-3-1-4-17-39)65-62(67-63)44-23-14-21-42(37-44)40-18-5-2-6-19-40)32-34-54(51)69-52-28-10-7-24-46(52)48-33-35-55-58(59(48)69)50-26-8-11-29-53(50)68(55)56-30-15-27-49-47-25-9-12-31-57(47)70-60(49)56/h1-10,12-18,20,22-28,30-38,40,42,55,58,61,63,66H,11,19,21,29,64H2,(H,65,67)/p+1. The van der Waals surface area contributed by atoms with Gasteiger partial charge in [0, 0.05) is 54.5 Å². The SMILES string of the molecule is Nc1cc(C2NC(C3=CC(C4C=CC=CC4)CC=C3)=NC(c3cccc(-c4ccccc4)c3)[NH2+]2)ccc1-n1c2c(c3ccccc31)C=CC1C2C2=C(CCC=C2)N1c1cccc2c1sc1ccccc12. The van der Waals surface area contributed by atoms with Gasteiger partial charge in [-0.2, -0.15) is 0 Å². The minimum Gasteiger partial charge on any atom is -0.397 e. The van der Waals surface area contributed by atoms with E-state index in [4.69, 9.17) is 10.7 Å². The van der Waals surface area contributed by atoms with Gasteiger partial charge >= 0.3 is 0 Å². The van der Waals surface area contributed by atoms with Crippen molar-refractivity contribution in [2.75, 3.05) is 10.6 Å². The van der Waals surface area contributed by atoms with Crippen molar-refractivity contribution in [3.05, 3.63) is 240 Å². The maximum atomic E-state index is 7.46. The molecule has 4 aliphatic carbocycles. The highest BCUT2D eigenvalue weighted by Crippen LogP contribution is 2.55. The van der Waals surface area contributed by atoms with Gasteiger partial charge in [-0.3, -0.25) is 5.32 Å². The van der Waals surface area contributed by atoms with E-state index < -0.39 is 0 Å². The van der Waals surface area contributed by atoms with Gasteiger partial charge in [0.2, 0.25) is 6.17 Å². The lowest BCUT2D eigenvalue weighted by atomic mass is 9.81. The van der Waals surface area contributed by atoms with E-state index >= 15 is 0 Å². The number of anilines is 2. The van der Waals surface area contributed by atoms with Gasteiger partial charge in [0.05, 0.1) is 39.2 Å². The summed E-state index contributed by atoms with van der Waals surface area (Å²) < 4.78 is 5.18. The van der Waals surface area contributed by atoms with Crippen LogP contribution < -0.4 is 21.3 Å². The summed E-state index contributed by atoms with van der Waals surface area (Å²) in [5.74, 6) is 1.92. The van der Waals surface area contributed by atoms with E-state index in [1.54, 1.807) is 0 Å². The topological polar surface area (TPSA) is 75.2 Å². The lowest BCUT2D eigenvalue weighted by molar-refractivity contribution is -0.739. The fraction of sp³-hybridized carbons (Fsp3) is 0.159. The summed E-state index contributed by atoms with van der Waals surface area (Å²) in [4.78, 5) is 8.18. The first-order valence-electron chi connectivity index (χ1n) is 25.0.